The van der Waals surface area contributed by atoms with Gasteiger partial charge in [0.05, 0.1) is 5.69 Å². The number of ether oxygens (including phenoxy) is 1. The van der Waals surface area contributed by atoms with Crippen LogP contribution in [0.3, 0.4) is 0 Å². The second-order valence-electron chi connectivity index (χ2n) is 7.27. The lowest BCUT2D eigenvalue weighted by atomic mass is 9.84. The highest BCUT2D eigenvalue weighted by molar-refractivity contribution is 7.99. The number of hydrogen-bond donors (Lipinski definition) is 1. The molecule has 0 saturated heterocycles. The molecule has 0 radical (unpaired) electrons. The van der Waals surface area contributed by atoms with Crippen molar-refractivity contribution in [2.75, 3.05) is 6.61 Å². The lowest BCUT2D eigenvalue weighted by Gasteiger charge is -2.34. The van der Waals surface area contributed by atoms with Crippen LogP contribution in [0.4, 0.5) is 0 Å². The topological polar surface area (TPSA) is 66.0 Å². The summed E-state index contributed by atoms with van der Waals surface area (Å²) in [5, 5.41) is 9.10. The van der Waals surface area contributed by atoms with Gasteiger partial charge in [0, 0.05) is 25.1 Å². The predicted molar refractivity (Wildman–Crippen MR) is 93.7 cm³/mol. The van der Waals surface area contributed by atoms with Gasteiger partial charge in [-0.05, 0) is 30.4 Å². The van der Waals surface area contributed by atoms with Crippen LogP contribution in [0, 0.1) is 5.41 Å². The number of hydrogen-bond acceptors (Lipinski definition) is 5. The van der Waals surface area contributed by atoms with E-state index >= 15 is 0 Å². The van der Waals surface area contributed by atoms with Crippen molar-refractivity contribution in [1.29, 1.82) is 0 Å². The predicted octanol–water partition coefficient (Wildman–Crippen LogP) is 3.44. The van der Waals surface area contributed by atoms with E-state index in [2.05, 4.69) is 44.9 Å². The summed E-state index contributed by atoms with van der Waals surface area (Å²) in [4.78, 5) is 0. The molecular formula is C16H32N4OS. The molecule has 1 heterocycles. The second-order valence-corrected chi connectivity index (χ2v) is 8.83. The number of nitrogens with zero attached hydrogens (tertiary/aromatic N) is 3. The molecule has 1 unspecified atom stereocenters. The first-order valence-electron chi connectivity index (χ1n) is 8.07. The molecule has 0 aliphatic heterocycles. The molecule has 128 valence electrons. The van der Waals surface area contributed by atoms with Gasteiger partial charge in [-0.3, -0.25) is 4.68 Å². The average Bonchev–Trinajstić information content (AvgIpc) is 2.79. The summed E-state index contributed by atoms with van der Waals surface area (Å²) in [5.41, 5.74) is 6.69. The highest BCUT2D eigenvalue weighted by atomic mass is 32.2. The van der Waals surface area contributed by atoms with E-state index in [0.29, 0.717) is 11.9 Å². The van der Waals surface area contributed by atoms with E-state index in [-0.39, 0.29) is 5.41 Å². The fraction of sp³-hybridized carbons (Fsp3) is 0.875. The molecule has 2 N–H and O–H groups in total. The quantitative estimate of drug-likeness (QED) is 0.667. The molecule has 6 heteroatoms. The summed E-state index contributed by atoms with van der Waals surface area (Å²) in [6.45, 7) is 14.3. The monoisotopic (exact) mass is 328 g/mol. The lowest BCUT2D eigenvalue weighted by molar-refractivity contribution is -0.0576. The summed E-state index contributed by atoms with van der Waals surface area (Å²) in [7, 11) is 0. The zero-order valence-corrected chi connectivity index (χ0v) is 15.7. The third-order valence-corrected chi connectivity index (χ3v) is 4.34. The minimum Gasteiger partial charge on any atom is -0.361 e. The maximum atomic E-state index is 6.26. The van der Waals surface area contributed by atoms with Crippen LogP contribution in [-0.2, 0) is 17.0 Å². The molecule has 0 saturated carbocycles. The Kier molecular flexibility index (Phi) is 7.35. The third kappa shape index (κ3) is 7.61. The van der Waals surface area contributed by atoms with Gasteiger partial charge >= 0.3 is 0 Å². The van der Waals surface area contributed by atoms with Gasteiger partial charge in [0.25, 0.3) is 0 Å². The molecule has 1 aromatic rings. The SMILES string of the molecule is CCCOC(C)(N)CC(C)(C)Cn1cc(CSC(C)C)nn1. The summed E-state index contributed by atoms with van der Waals surface area (Å²) < 4.78 is 7.67. The van der Waals surface area contributed by atoms with Crippen LogP contribution < -0.4 is 5.73 Å². The van der Waals surface area contributed by atoms with Gasteiger partial charge < -0.3 is 10.5 Å². The molecular weight excluding hydrogens is 296 g/mol. The molecule has 22 heavy (non-hydrogen) atoms. The number of thioether (sulfide) groups is 1. The molecule has 0 amide bonds. The minimum absolute atomic E-state index is 0.00655. The Bertz CT molecular complexity index is 443. The third-order valence-electron chi connectivity index (χ3n) is 3.21. The first kappa shape index (κ1) is 19.5. The maximum Gasteiger partial charge on any atom is 0.114 e. The second kappa shape index (κ2) is 8.31. The van der Waals surface area contributed by atoms with Gasteiger partial charge in [-0.15, -0.1) is 5.10 Å². The van der Waals surface area contributed by atoms with E-state index in [1.54, 1.807) is 0 Å². The smallest absolute Gasteiger partial charge is 0.114 e. The van der Waals surface area contributed by atoms with Crippen molar-refractivity contribution in [2.24, 2.45) is 11.1 Å². The van der Waals surface area contributed by atoms with E-state index in [9.17, 15) is 0 Å². The van der Waals surface area contributed by atoms with Crippen molar-refractivity contribution < 1.29 is 4.74 Å². The average molecular weight is 329 g/mol. The van der Waals surface area contributed by atoms with Gasteiger partial charge in [0.2, 0.25) is 0 Å². The Morgan fingerprint density at radius 2 is 2.05 bits per heavy atom. The fourth-order valence-electron chi connectivity index (χ4n) is 2.56. The number of rotatable bonds is 10. The van der Waals surface area contributed by atoms with Crippen LogP contribution in [0.25, 0.3) is 0 Å². The van der Waals surface area contributed by atoms with Crippen molar-refractivity contribution in [1.82, 2.24) is 15.0 Å². The Balaban J connectivity index is 2.56. The standard InChI is InChI=1S/C16H32N4OS/c1-7-8-21-16(6,17)11-15(4,5)12-20-9-14(18-19-20)10-22-13(2)3/h9,13H,7-8,10-12,17H2,1-6H3. The fourth-order valence-corrected chi connectivity index (χ4v) is 3.20. The molecule has 0 bridgehead atoms. The van der Waals surface area contributed by atoms with E-state index < -0.39 is 5.72 Å². The highest BCUT2D eigenvalue weighted by Crippen LogP contribution is 2.29. The highest BCUT2D eigenvalue weighted by Gasteiger charge is 2.30. The summed E-state index contributed by atoms with van der Waals surface area (Å²) >= 11 is 1.88. The zero-order valence-electron chi connectivity index (χ0n) is 14.9. The van der Waals surface area contributed by atoms with E-state index in [1.807, 2.05) is 29.6 Å². The van der Waals surface area contributed by atoms with Crippen molar-refractivity contribution in [3.63, 3.8) is 0 Å². The molecule has 0 spiro atoms. The first-order valence-corrected chi connectivity index (χ1v) is 9.12. The molecule has 0 aromatic carbocycles. The molecule has 1 rings (SSSR count). The van der Waals surface area contributed by atoms with Gasteiger partial charge in [-0.1, -0.05) is 39.8 Å². The number of aromatic nitrogens is 3. The van der Waals surface area contributed by atoms with Gasteiger partial charge in [-0.2, -0.15) is 11.8 Å². The molecule has 5 nitrogen and oxygen atoms in total. The van der Waals surface area contributed by atoms with Crippen LogP contribution in [0.2, 0.25) is 0 Å². The largest absolute Gasteiger partial charge is 0.361 e. The van der Waals surface area contributed by atoms with Crippen LogP contribution in [-0.4, -0.2) is 32.6 Å². The Morgan fingerprint density at radius 1 is 1.36 bits per heavy atom. The van der Waals surface area contributed by atoms with Gasteiger partial charge in [0.15, 0.2) is 0 Å². The van der Waals surface area contributed by atoms with Crippen molar-refractivity contribution >= 4 is 11.8 Å². The molecule has 0 aliphatic rings. The molecule has 0 fully saturated rings. The summed E-state index contributed by atoms with van der Waals surface area (Å²) in [6.07, 6.45) is 3.79. The van der Waals surface area contributed by atoms with Crippen LogP contribution in [0.1, 0.15) is 60.1 Å². The van der Waals surface area contributed by atoms with Crippen LogP contribution in [0.5, 0.6) is 0 Å². The van der Waals surface area contributed by atoms with Crippen LogP contribution in [0.15, 0.2) is 6.20 Å². The Morgan fingerprint density at radius 3 is 2.64 bits per heavy atom. The van der Waals surface area contributed by atoms with E-state index in [0.717, 1.165) is 30.8 Å². The maximum absolute atomic E-state index is 6.26. The van der Waals surface area contributed by atoms with Crippen molar-refractivity contribution in [3.8, 4) is 0 Å². The Labute approximate surface area is 139 Å². The zero-order chi connectivity index (χ0) is 16.8. The molecule has 0 aliphatic carbocycles. The molecule has 1 aromatic heterocycles. The first-order chi connectivity index (χ1) is 10.1. The van der Waals surface area contributed by atoms with Crippen molar-refractivity contribution in [3.05, 3.63) is 11.9 Å². The van der Waals surface area contributed by atoms with E-state index in [1.165, 1.54) is 0 Å². The summed E-state index contributed by atoms with van der Waals surface area (Å²) in [5.74, 6) is 0.909. The minimum atomic E-state index is -0.601. The Hall–Kier alpha value is -0.590. The van der Waals surface area contributed by atoms with Crippen LogP contribution >= 0.6 is 11.8 Å². The van der Waals surface area contributed by atoms with Crippen molar-refractivity contribution in [2.45, 2.75) is 77.7 Å². The van der Waals surface area contributed by atoms with Gasteiger partial charge in [0.1, 0.15) is 5.72 Å². The van der Waals surface area contributed by atoms with E-state index in [4.69, 9.17) is 10.5 Å². The summed E-state index contributed by atoms with van der Waals surface area (Å²) in [6, 6.07) is 0. The lowest BCUT2D eigenvalue weighted by Crippen LogP contribution is -2.44. The molecule has 1 atom stereocenters. The van der Waals surface area contributed by atoms with Gasteiger partial charge in [-0.25, -0.2) is 0 Å². The number of nitrogens with two attached hydrogens (primary N) is 1. The normalized spacial score (nSPS) is 15.3.